The molecule has 2 unspecified atom stereocenters. The van der Waals surface area contributed by atoms with Gasteiger partial charge >= 0.3 is 11.9 Å². The molecule has 0 bridgehead atoms. The van der Waals surface area contributed by atoms with Crippen molar-refractivity contribution in [3.05, 3.63) is 45.3 Å². The first-order valence-corrected chi connectivity index (χ1v) is 13.0. The van der Waals surface area contributed by atoms with Crippen LogP contribution in [0.15, 0.2) is 43.9 Å². The fourth-order valence-electron chi connectivity index (χ4n) is 3.97. The number of nitrogens with one attached hydrogen (secondary N) is 2. The van der Waals surface area contributed by atoms with Crippen LogP contribution in [0.1, 0.15) is 32.4 Å². The second kappa shape index (κ2) is 13.6. The van der Waals surface area contributed by atoms with Crippen LogP contribution in [0.25, 0.3) is 0 Å². The van der Waals surface area contributed by atoms with Crippen molar-refractivity contribution < 1.29 is 28.2 Å². The number of nitrogens with two attached hydrogens (primary N) is 1. The highest BCUT2D eigenvalue weighted by Crippen LogP contribution is 2.36. The largest absolute Gasteiger partial charge is 0.463 e. The predicted molar refractivity (Wildman–Crippen MR) is 143 cm³/mol. The highest BCUT2D eigenvalue weighted by Gasteiger charge is 2.35. The Morgan fingerprint density at radius 1 is 1.42 bits per heavy atom. The molecule has 0 amide bonds. The molecule has 2 aliphatic heterocycles. The average molecular weight is 595 g/mol. The maximum atomic E-state index is 13.9. The molecule has 3 rings (SSSR count). The van der Waals surface area contributed by atoms with Gasteiger partial charge in [0.2, 0.25) is 0 Å². The van der Waals surface area contributed by atoms with Crippen LogP contribution in [0.3, 0.4) is 0 Å². The van der Waals surface area contributed by atoms with E-state index in [1.807, 2.05) is 4.90 Å². The maximum absolute atomic E-state index is 13.9. The van der Waals surface area contributed by atoms with Gasteiger partial charge in [-0.15, -0.1) is 0 Å². The van der Waals surface area contributed by atoms with E-state index in [-0.39, 0.29) is 55.0 Å². The van der Waals surface area contributed by atoms with Crippen molar-refractivity contribution in [3.63, 3.8) is 0 Å². The quantitative estimate of drug-likeness (QED) is 0.212. The Kier molecular flexibility index (Phi) is 10.5. The number of halogens is 2. The Morgan fingerprint density at radius 2 is 2.18 bits per heavy atom. The lowest BCUT2D eigenvalue weighted by atomic mass is 9.95. The van der Waals surface area contributed by atoms with Crippen LogP contribution in [-0.4, -0.2) is 80.4 Å². The Morgan fingerprint density at radius 3 is 2.84 bits per heavy atom. The number of esters is 2. The van der Waals surface area contributed by atoms with E-state index in [0.29, 0.717) is 35.4 Å². The molecule has 1 fully saturated rings. The van der Waals surface area contributed by atoms with Gasteiger partial charge in [-0.3, -0.25) is 20.1 Å². The summed E-state index contributed by atoms with van der Waals surface area (Å²) in [7, 11) is 0. The Bertz CT molecular complexity index is 1160. The molecule has 2 heterocycles. The monoisotopic (exact) mass is 594 g/mol. The molecule has 206 valence electrons. The van der Waals surface area contributed by atoms with Gasteiger partial charge in [0, 0.05) is 29.8 Å². The lowest BCUT2D eigenvalue weighted by molar-refractivity contribution is -0.154. The number of rotatable bonds is 10. The zero-order chi connectivity index (χ0) is 27.8. The number of benzene rings is 1. The average Bonchev–Trinajstić information content (AvgIpc) is 2.87. The minimum absolute atomic E-state index is 0.0518. The molecule has 1 saturated heterocycles. The van der Waals surface area contributed by atoms with Gasteiger partial charge in [-0.2, -0.15) is 0 Å². The molecular weight excluding hydrogens is 563 g/mol. The Balaban J connectivity index is 1.98. The summed E-state index contributed by atoms with van der Waals surface area (Å²) in [5.74, 6) is -1.48. The first-order valence-electron chi connectivity index (χ1n) is 12.2. The minimum Gasteiger partial charge on any atom is -0.463 e. The number of nitrogens with zero attached hydrogens (tertiary/aromatic N) is 3. The predicted octanol–water partition coefficient (Wildman–Crippen LogP) is 2.31. The summed E-state index contributed by atoms with van der Waals surface area (Å²) in [6.45, 7) is 7.13. The summed E-state index contributed by atoms with van der Waals surface area (Å²) < 4.78 is 30.8. The van der Waals surface area contributed by atoms with Gasteiger partial charge in [-0.1, -0.05) is 35.8 Å². The standard InChI is InChI=1S/C25H32BrFN6O5/c1-4-36-25(35)20-19(11-33-7-8-37-16(10-33)12-38-24(34)14(2)3)31-23(22(29)30-13-28)32-21(20)17-6-5-15(27)9-18(17)26/h5-6,9,13-14,16,21H,4,7-8,10-12H2,1-3H3,(H,31,32)(H3,28,29,30). The second-order valence-corrected chi connectivity index (χ2v) is 9.79. The van der Waals surface area contributed by atoms with Crippen LogP contribution in [0.4, 0.5) is 4.39 Å². The van der Waals surface area contributed by atoms with Gasteiger partial charge in [-0.25, -0.2) is 14.2 Å². The molecule has 1 aromatic rings. The first kappa shape index (κ1) is 29.4. The second-order valence-electron chi connectivity index (χ2n) is 8.94. The normalized spacial score (nSPS) is 20.6. The van der Waals surface area contributed by atoms with Gasteiger partial charge in [0.05, 0.1) is 24.7 Å². The molecule has 0 saturated carbocycles. The summed E-state index contributed by atoms with van der Waals surface area (Å²) >= 11 is 3.38. The molecule has 0 radical (unpaired) electrons. The third-order valence-electron chi connectivity index (χ3n) is 5.81. The molecule has 0 spiro atoms. The van der Waals surface area contributed by atoms with E-state index in [4.69, 9.17) is 25.4 Å². The summed E-state index contributed by atoms with van der Waals surface area (Å²) in [4.78, 5) is 35.6. The van der Waals surface area contributed by atoms with Crippen LogP contribution in [0, 0.1) is 17.1 Å². The number of ether oxygens (including phenoxy) is 3. The van der Waals surface area contributed by atoms with Crippen LogP contribution in [0.5, 0.6) is 0 Å². The SMILES string of the molecule is CCOC(=O)C1=C(CN2CCOC(COC(=O)C(C)C)C2)NC(C(N)=NC=N)=NC1c1ccc(F)cc1Br. The van der Waals surface area contributed by atoms with E-state index < -0.39 is 17.8 Å². The van der Waals surface area contributed by atoms with Crippen molar-refractivity contribution in [1.29, 1.82) is 5.41 Å². The first-order chi connectivity index (χ1) is 18.1. The Hall–Kier alpha value is -3.16. The lowest BCUT2D eigenvalue weighted by Crippen LogP contribution is -2.49. The maximum Gasteiger partial charge on any atom is 0.338 e. The van der Waals surface area contributed by atoms with E-state index in [2.05, 4.69) is 31.2 Å². The van der Waals surface area contributed by atoms with E-state index in [9.17, 15) is 14.0 Å². The third kappa shape index (κ3) is 7.45. The van der Waals surface area contributed by atoms with Crippen molar-refractivity contribution in [3.8, 4) is 0 Å². The number of hydrogen-bond donors (Lipinski definition) is 3. The number of hydrogen-bond acceptors (Lipinski definition) is 9. The molecule has 2 atom stereocenters. The van der Waals surface area contributed by atoms with Crippen LogP contribution < -0.4 is 11.1 Å². The van der Waals surface area contributed by atoms with E-state index >= 15 is 0 Å². The molecule has 13 heteroatoms. The summed E-state index contributed by atoms with van der Waals surface area (Å²) in [6.07, 6.45) is 0.443. The van der Waals surface area contributed by atoms with Crippen molar-refractivity contribution >= 4 is 45.9 Å². The molecular formula is C25H32BrFN6O5. The van der Waals surface area contributed by atoms with Crippen LogP contribution >= 0.6 is 15.9 Å². The molecule has 38 heavy (non-hydrogen) atoms. The number of carbonyl (C=O) groups excluding carboxylic acids is 2. The number of aliphatic imine (C=N–C) groups is 2. The van der Waals surface area contributed by atoms with Crippen molar-refractivity contribution in [2.24, 2.45) is 21.6 Å². The fourth-order valence-corrected chi connectivity index (χ4v) is 4.54. The number of morpholine rings is 1. The molecule has 0 aromatic heterocycles. The van der Waals surface area contributed by atoms with Gasteiger partial charge in [0.25, 0.3) is 0 Å². The third-order valence-corrected chi connectivity index (χ3v) is 6.50. The highest BCUT2D eigenvalue weighted by atomic mass is 79.9. The van der Waals surface area contributed by atoms with Gasteiger partial charge < -0.3 is 25.3 Å². The van der Waals surface area contributed by atoms with E-state index in [1.165, 1.54) is 18.2 Å². The highest BCUT2D eigenvalue weighted by molar-refractivity contribution is 9.10. The molecule has 2 aliphatic rings. The van der Waals surface area contributed by atoms with Gasteiger partial charge in [0.15, 0.2) is 11.7 Å². The number of amidine groups is 2. The smallest absolute Gasteiger partial charge is 0.338 e. The van der Waals surface area contributed by atoms with E-state index in [1.54, 1.807) is 20.8 Å². The van der Waals surface area contributed by atoms with Crippen molar-refractivity contribution in [2.75, 3.05) is 39.5 Å². The van der Waals surface area contributed by atoms with Crippen molar-refractivity contribution in [1.82, 2.24) is 10.2 Å². The fraction of sp³-hybridized carbons (Fsp3) is 0.480. The number of carbonyl (C=O) groups is 2. The Labute approximate surface area is 228 Å². The van der Waals surface area contributed by atoms with Gasteiger partial charge in [0.1, 0.15) is 30.9 Å². The molecule has 0 aliphatic carbocycles. The van der Waals surface area contributed by atoms with Gasteiger partial charge in [-0.05, 0) is 24.6 Å². The van der Waals surface area contributed by atoms with Crippen LogP contribution in [-0.2, 0) is 23.8 Å². The molecule has 4 N–H and O–H groups in total. The molecule has 1 aromatic carbocycles. The summed E-state index contributed by atoms with van der Waals surface area (Å²) in [5, 5.41) is 10.4. The lowest BCUT2D eigenvalue weighted by Gasteiger charge is -2.35. The minimum atomic E-state index is -0.890. The zero-order valence-corrected chi connectivity index (χ0v) is 23.1. The topological polar surface area (TPSA) is 152 Å². The van der Waals surface area contributed by atoms with Crippen molar-refractivity contribution in [2.45, 2.75) is 32.9 Å². The van der Waals surface area contributed by atoms with Crippen LogP contribution in [0.2, 0.25) is 0 Å². The zero-order valence-electron chi connectivity index (χ0n) is 21.5. The van der Waals surface area contributed by atoms with E-state index in [0.717, 1.165) is 6.34 Å². The summed E-state index contributed by atoms with van der Waals surface area (Å²) in [5.41, 5.74) is 7.29. The summed E-state index contributed by atoms with van der Waals surface area (Å²) in [6, 6.07) is 3.21. The molecule has 11 nitrogen and oxygen atoms in total.